The Hall–Kier alpha value is -2.08. The van der Waals surface area contributed by atoms with Crippen LogP contribution in [-0.4, -0.2) is 58.1 Å². The Balaban J connectivity index is 1.56. The molecular formula is C18H27N5O. The summed E-state index contributed by atoms with van der Waals surface area (Å²) in [5.74, 6) is 0.890. The second-order valence-electron chi connectivity index (χ2n) is 6.71. The molecule has 0 unspecified atom stereocenters. The van der Waals surface area contributed by atoms with Gasteiger partial charge in [0.2, 0.25) is 0 Å². The Morgan fingerprint density at radius 2 is 2.04 bits per heavy atom. The standard InChI is InChI=1S/C18H27N5O/c1-14(23-10-6-7-11-23)12-19-18(24)21(2)13-17-20-15-8-4-5-9-16(15)22(17)3/h4-5,8-9,14H,6-7,10-13H2,1-3H3,(H,19,24)/t14-/m0/s1. The number of aromatic nitrogens is 2. The first-order chi connectivity index (χ1) is 11.6. The van der Waals surface area contributed by atoms with Gasteiger partial charge in [-0.05, 0) is 45.0 Å². The maximum absolute atomic E-state index is 12.4. The molecule has 3 rings (SSSR count). The number of benzene rings is 1. The van der Waals surface area contributed by atoms with Crippen molar-refractivity contribution in [2.24, 2.45) is 7.05 Å². The molecule has 1 aromatic heterocycles. The number of carbonyl (C=O) groups is 1. The van der Waals surface area contributed by atoms with Crippen LogP contribution in [0.5, 0.6) is 0 Å². The first kappa shape index (κ1) is 16.8. The summed E-state index contributed by atoms with van der Waals surface area (Å²) in [4.78, 5) is 21.1. The van der Waals surface area contributed by atoms with Crippen LogP contribution in [0, 0.1) is 0 Å². The third-order valence-electron chi connectivity index (χ3n) is 4.92. The second kappa shape index (κ2) is 7.21. The van der Waals surface area contributed by atoms with Crippen LogP contribution in [0.3, 0.4) is 0 Å². The van der Waals surface area contributed by atoms with Gasteiger partial charge < -0.3 is 14.8 Å². The molecule has 6 nitrogen and oxygen atoms in total. The van der Waals surface area contributed by atoms with Crippen LogP contribution in [-0.2, 0) is 13.6 Å². The van der Waals surface area contributed by atoms with Crippen molar-refractivity contribution in [2.45, 2.75) is 32.4 Å². The summed E-state index contributed by atoms with van der Waals surface area (Å²) in [7, 11) is 3.81. The molecular weight excluding hydrogens is 302 g/mol. The van der Waals surface area contributed by atoms with E-state index >= 15 is 0 Å². The molecule has 1 saturated heterocycles. The van der Waals surface area contributed by atoms with Crippen LogP contribution >= 0.6 is 0 Å². The van der Waals surface area contributed by atoms with E-state index in [0.29, 0.717) is 19.1 Å². The lowest BCUT2D eigenvalue weighted by atomic mass is 10.3. The highest BCUT2D eigenvalue weighted by Gasteiger charge is 2.19. The number of rotatable bonds is 5. The number of para-hydroxylation sites is 2. The highest BCUT2D eigenvalue weighted by molar-refractivity contribution is 5.76. The number of amides is 2. The molecule has 6 heteroatoms. The van der Waals surface area contributed by atoms with Crippen molar-refractivity contribution in [1.82, 2.24) is 24.7 Å². The van der Waals surface area contributed by atoms with Crippen LogP contribution in [0.25, 0.3) is 11.0 Å². The van der Waals surface area contributed by atoms with Gasteiger partial charge in [0.15, 0.2) is 0 Å². The monoisotopic (exact) mass is 329 g/mol. The SMILES string of the molecule is C[C@@H](CNC(=O)N(C)Cc1nc2ccccc2n1C)N1CCCC1. The van der Waals surface area contributed by atoms with E-state index in [0.717, 1.165) is 29.9 Å². The summed E-state index contributed by atoms with van der Waals surface area (Å²) < 4.78 is 2.05. The van der Waals surface area contributed by atoms with Crippen LogP contribution in [0.1, 0.15) is 25.6 Å². The fourth-order valence-corrected chi connectivity index (χ4v) is 3.30. The Bertz CT molecular complexity index is 704. The average Bonchev–Trinajstić information content (AvgIpc) is 3.22. The van der Waals surface area contributed by atoms with E-state index in [2.05, 4.69) is 22.1 Å². The molecule has 0 spiro atoms. The maximum atomic E-state index is 12.4. The lowest BCUT2D eigenvalue weighted by molar-refractivity contribution is 0.196. The van der Waals surface area contributed by atoms with E-state index in [4.69, 9.17) is 0 Å². The molecule has 2 aromatic rings. The summed E-state index contributed by atoms with van der Waals surface area (Å²) in [5.41, 5.74) is 2.05. The molecule has 1 aromatic carbocycles. The molecule has 0 aliphatic carbocycles. The van der Waals surface area contributed by atoms with Gasteiger partial charge in [-0.1, -0.05) is 12.1 Å². The van der Waals surface area contributed by atoms with Crippen molar-refractivity contribution in [3.63, 3.8) is 0 Å². The van der Waals surface area contributed by atoms with Crippen LogP contribution in [0.15, 0.2) is 24.3 Å². The van der Waals surface area contributed by atoms with Crippen molar-refractivity contribution >= 4 is 17.1 Å². The molecule has 1 fully saturated rings. The third-order valence-corrected chi connectivity index (χ3v) is 4.92. The number of urea groups is 1. The van der Waals surface area contributed by atoms with Gasteiger partial charge in [0.1, 0.15) is 5.82 Å². The molecule has 2 heterocycles. The van der Waals surface area contributed by atoms with Crippen molar-refractivity contribution in [3.8, 4) is 0 Å². The number of fused-ring (bicyclic) bond motifs is 1. The van der Waals surface area contributed by atoms with E-state index < -0.39 is 0 Å². The fourth-order valence-electron chi connectivity index (χ4n) is 3.30. The summed E-state index contributed by atoms with van der Waals surface area (Å²) in [6.07, 6.45) is 2.54. The molecule has 0 bridgehead atoms. The van der Waals surface area contributed by atoms with Gasteiger partial charge in [-0.15, -0.1) is 0 Å². The number of carbonyl (C=O) groups excluding carboxylic acids is 1. The molecule has 24 heavy (non-hydrogen) atoms. The van der Waals surface area contributed by atoms with E-state index in [1.807, 2.05) is 42.9 Å². The zero-order chi connectivity index (χ0) is 17.1. The van der Waals surface area contributed by atoms with Gasteiger partial charge in [0, 0.05) is 26.7 Å². The number of nitrogens with zero attached hydrogens (tertiary/aromatic N) is 4. The van der Waals surface area contributed by atoms with Gasteiger partial charge >= 0.3 is 6.03 Å². The third kappa shape index (κ3) is 3.53. The molecule has 130 valence electrons. The van der Waals surface area contributed by atoms with E-state index in [1.165, 1.54) is 12.8 Å². The van der Waals surface area contributed by atoms with Crippen molar-refractivity contribution in [2.75, 3.05) is 26.7 Å². The van der Waals surface area contributed by atoms with E-state index in [9.17, 15) is 4.79 Å². The molecule has 2 amide bonds. The van der Waals surface area contributed by atoms with E-state index in [1.54, 1.807) is 4.90 Å². The number of imidazole rings is 1. The Morgan fingerprint density at radius 3 is 2.75 bits per heavy atom. The van der Waals surface area contributed by atoms with Crippen molar-refractivity contribution < 1.29 is 4.79 Å². The zero-order valence-corrected chi connectivity index (χ0v) is 14.8. The van der Waals surface area contributed by atoms with Gasteiger partial charge in [-0.2, -0.15) is 0 Å². The van der Waals surface area contributed by atoms with Gasteiger partial charge in [0.05, 0.1) is 17.6 Å². The summed E-state index contributed by atoms with van der Waals surface area (Å²) in [6.45, 7) is 5.65. The normalized spacial score (nSPS) is 16.5. The molecule has 1 aliphatic heterocycles. The van der Waals surface area contributed by atoms with Crippen LogP contribution < -0.4 is 5.32 Å². The van der Waals surface area contributed by atoms with Gasteiger partial charge in [-0.25, -0.2) is 9.78 Å². The molecule has 1 aliphatic rings. The number of aryl methyl sites for hydroxylation is 1. The first-order valence-corrected chi connectivity index (χ1v) is 8.69. The predicted octanol–water partition coefficient (Wildman–Crippen LogP) is 2.20. The molecule has 1 N–H and O–H groups in total. The number of hydrogen-bond donors (Lipinski definition) is 1. The van der Waals surface area contributed by atoms with Gasteiger partial charge in [0.25, 0.3) is 0 Å². The van der Waals surface area contributed by atoms with Crippen LogP contribution in [0.2, 0.25) is 0 Å². The minimum absolute atomic E-state index is 0.0481. The first-order valence-electron chi connectivity index (χ1n) is 8.69. The number of hydrogen-bond acceptors (Lipinski definition) is 3. The van der Waals surface area contributed by atoms with Crippen molar-refractivity contribution in [3.05, 3.63) is 30.1 Å². The lowest BCUT2D eigenvalue weighted by Crippen LogP contribution is -2.44. The second-order valence-corrected chi connectivity index (χ2v) is 6.71. The quantitative estimate of drug-likeness (QED) is 0.915. The van der Waals surface area contributed by atoms with E-state index in [-0.39, 0.29) is 6.03 Å². The smallest absolute Gasteiger partial charge is 0.317 e. The molecule has 0 radical (unpaired) electrons. The minimum atomic E-state index is -0.0481. The topological polar surface area (TPSA) is 53.4 Å². The maximum Gasteiger partial charge on any atom is 0.317 e. The largest absolute Gasteiger partial charge is 0.336 e. The Kier molecular flexibility index (Phi) is 5.04. The molecule has 1 atom stereocenters. The van der Waals surface area contributed by atoms with Gasteiger partial charge in [-0.3, -0.25) is 4.90 Å². The summed E-state index contributed by atoms with van der Waals surface area (Å²) >= 11 is 0. The Morgan fingerprint density at radius 1 is 1.33 bits per heavy atom. The lowest BCUT2D eigenvalue weighted by Gasteiger charge is -2.25. The van der Waals surface area contributed by atoms with Crippen LogP contribution in [0.4, 0.5) is 4.79 Å². The Labute approximate surface area is 143 Å². The van der Waals surface area contributed by atoms with Crippen molar-refractivity contribution in [1.29, 1.82) is 0 Å². The zero-order valence-electron chi connectivity index (χ0n) is 14.8. The molecule has 0 saturated carbocycles. The summed E-state index contributed by atoms with van der Waals surface area (Å²) in [6, 6.07) is 8.37. The predicted molar refractivity (Wildman–Crippen MR) is 95.8 cm³/mol. The number of nitrogens with one attached hydrogen (secondary N) is 1. The highest BCUT2D eigenvalue weighted by Crippen LogP contribution is 2.15. The highest BCUT2D eigenvalue weighted by atomic mass is 16.2. The number of likely N-dealkylation sites (tertiary alicyclic amines) is 1. The fraction of sp³-hybridized carbons (Fsp3) is 0.556. The summed E-state index contributed by atoms with van der Waals surface area (Å²) in [5, 5.41) is 3.04. The minimum Gasteiger partial charge on any atom is -0.336 e. The average molecular weight is 329 g/mol.